The van der Waals surface area contributed by atoms with Gasteiger partial charge in [-0.15, -0.1) is 0 Å². The minimum atomic E-state index is -0.245. The highest BCUT2D eigenvalue weighted by Gasteiger charge is 2.08. The smallest absolute Gasteiger partial charge is 0.217 e. The number of fused-ring (bicyclic) bond motifs is 1. The zero-order valence-electron chi connectivity index (χ0n) is 9.60. The van der Waals surface area contributed by atoms with Gasteiger partial charge in [0, 0.05) is 11.6 Å². The summed E-state index contributed by atoms with van der Waals surface area (Å²) in [6.07, 6.45) is 0.444. The number of nitrogens with two attached hydrogens (primary N) is 1. The molecule has 1 amide bonds. The first-order valence-electron chi connectivity index (χ1n) is 5.16. The lowest BCUT2D eigenvalue weighted by atomic mass is 10.2. The highest BCUT2D eigenvalue weighted by atomic mass is 16.1. The van der Waals surface area contributed by atoms with Crippen LogP contribution in [0.4, 0.5) is 0 Å². The van der Waals surface area contributed by atoms with E-state index in [4.69, 9.17) is 5.26 Å². The third-order valence-corrected chi connectivity index (χ3v) is 2.18. The SMILES string of the molecule is C=C1N=c2ccccc2=C1C#N.CCC(N)=O. The zero-order valence-corrected chi connectivity index (χ0v) is 9.60. The van der Waals surface area contributed by atoms with Crippen LogP contribution in [0.3, 0.4) is 0 Å². The van der Waals surface area contributed by atoms with Crippen LogP contribution >= 0.6 is 0 Å². The maximum atomic E-state index is 9.59. The van der Waals surface area contributed by atoms with Crippen molar-refractivity contribution in [3.05, 3.63) is 47.1 Å². The number of amides is 1. The van der Waals surface area contributed by atoms with E-state index in [0.717, 1.165) is 10.6 Å². The molecule has 0 unspecified atom stereocenters. The van der Waals surface area contributed by atoms with Crippen molar-refractivity contribution in [2.75, 3.05) is 0 Å². The Morgan fingerprint density at radius 3 is 2.65 bits per heavy atom. The van der Waals surface area contributed by atoms with Gasteiger partial charge in [-0.2, -0.15) is 5.26 Å². The fraction of sp³-hybridized carbons (Fsp3) is 0.154. The molecule has 1 heterocycles. The van der Waals surface area contributed by atoms with Gasteiger partial charge in [0.25, 0.3) is 0 Å². The van der Waals surface area contributed by atoms with E-state index in [9.17, 15) is 4.79 Å². The minimum absolute atomic E-state index is 0.245. The Hall–Kier alpha value is -2.41. The van der Waals surface area contributed by atoms with Gasteiger partial charge in [-0.25, -0.2) is 4.99 Å². The Kier molecular flexibility index (Phi) is 4.18. The number of hydrogen-bond acceptors (Lipinski definition) is 3. The van der Waals surface area contributed by atoms with Gasteiger partial charge in [-0.1, -0.05) is 31.7 Å². The lowest BCUT2D eigenvalue weighted by molar-refractivity contribution is -0.117. The Morgan fingerprint density at radius 2 is 2.12 bits per heavy atom. The van der Waals surface area contributed by atoms with Gasteiger partial charge in [0.15, 0.2) is 0 Å². The fourth-order valence-electron chi connectivity index (χ4n) is 1.26. The third-order valence-electron chi connectivity index (χ3n) is 2.18. The first kappa shape index (κ1) is 12.7. The molecule has 0 saturated heterocycles. The van der Waals surface area contributed by atoms with Crippen molar-refractivity contribution in [1.29, 1.82) is 5.26 Å². The summed E-state index contributed by atoms with van der Waals surface area (Å²) in [5, 5.41) is 10.5. The number of hydrogen-bond donors (Lipinski definition) is 1. The highest BCUT2D eigenvalue weighted by Crippen LogP contribution is 2.08. The van der Waals surface area contributed by atoms with Crippen LogP contribution in [0.1, 0.15) is 13.3 Å². The van der Waals surface area contributed by atoms with E-state index in [1.54, 1.807) is 6.92 Å². The summed E-state index contributed by atoms with van der Waals surface area (Å²) in [5.41, 5.74) is 5.81. The number of carbonyl (C=O) groups is 1. The highest BCUT2D eigenvalue weighted by molar-refractivity contribution is 5.75. The summed E-state index contributed by atoms with van der Waals surface area (Å²) in [5.74, 6) is -0.245. The quantitative estimate of drug-likeness (QED) is 0.753. The van der Waals surface area contributed by atoms with Crippen molar-refractivity contribution in [3.63, 3.8) is 0 Å². The van der Waals surface area contributed by atoms with Crippen molar-refractivity contribution in [2.45, 2.75) is 13.3 Å². The summed E-state index contributed by atoms with van der Waals surface area (Å²) in [7, 11) is 0. The Balaban J connectivity index is 0.000000249. The van der Waals surface area contributed by atoms with Gasteiger partial charge in [0.2, 0.25) is 5.91 Å². The van der Waals surface area contributed by atoms with Crippen LogP contribution < -0.4 is 16.3 Å². The molecular formula is C13H13N3O. The molecule has 2 rings (SSSR count). The van der Waals surface area contributed by atoms with E-state index in [1.165, 1.54) is 0 Å². The van der Waals surface area contributed by atoms with Gasteiger partial charge in [0.1, 0.15) is 6.07 Å². The van der Waals surface area contributed by atoms with Crippen LogP contribution in [0, 0.1) is 11.3 Å². The van der Waals surface area contributed by atoms with Crippen molar-refractivity contribution < 1.29 is 4.79 Å². The molecule has 0 aliphatic carbocycles. The maximum Gasteiger partial charge on any atom is 0.217 e. The molecule has 4 heteroatoms. The van der Waals surface area contributed by atoms with Crippen LogP contribution in [0.15, 0.2) is 41.5 Å². The number of nitrogens with zero attached hydrogens (tertiary/aromatic N) is 2. The number of nitriles is 1. The molecule has 0 radical (unpaired) electrons. The summed E-state index contributed by atoms with van der Waals surface area (Å²) in [6, 6.07) is 9.65. The number of carbonyl (C=O) groups excluding carboxylic acids is 1. The average Bonchev–Trinajstić information content (AvgIpc) is 2.65. The Bertz CT molecular complexity index is 608. The van der Waals surface area contributed by atoms with Gasteiger partial charge >= 0.3 is 0 Å². The van der Waals surface area contributed by atoms with Crippen molar-refractivity contribution >= 4 is 11.5 Å². The second-order valence-electron chi connectivity index (χ2n) is 3.38. The molecule has 0 fully saturated rings. The number of allylic oxidation sites excluding steroid dienone is 1. The largest absolute Gasteiger partial charge is 0.370 e. The Morgan fingerprint density at radius 1 is 1.53 bits per heavy atom. The van der Waals surface area contributed by atoms with Crippen molar-refractivity contribution in [1.82, 2.24) is 0 Å². The number of benzene rings is 1. The molecule has 17 heavy (non-hydrogen) atoms. The van der Waals surface area contributed by atoms with E-state index in [2.05, 4.69) is 23.4 Å². The molecule has 0 bridgehead atoms. The van der Waals surface area contributed by atoms with Crippen LogP contribution in [-0.2, 0) is 4.79 Å². The first-order valence-corrected chi connectivity index (χ1v) is 5.16. The van der Waals surface area contributed by atoms with Crippen LogP contribution in [-0.4, -0.2) is 5.91 Å². The zero-order chi connectivity index (χ0) is 12.8. The van der Waals surface area contributed by atoms with Crippen molar-refractivity contribution in [2.24, 2.45) is 10.7 Å². The molecule has 0 atom stereocenters. The fourth-order valence-corrected chi connectivity index (χ4v) is 1.26. The van der Waals surface area contributed by atoms with Crippen LogP contribution in [0.5, 0.6) is 0 Å². The van der Waals surface area contributed by atoms with E-state index in [1.807, 2.05) is 24.3 Å². The summed E-state index contributed by atoms with van der Waals surface area (Å²) in [4.78, 5) is 13.7. The minimum Gasteiger partial charge on any atom is -0.370 e. The van der Waals surface area contributed by atoms with E-state index >= 15 is 0 Å². The standard InChI is InChI=1S/C10H6N2.C3H7NO/c1-7-9(6-11)8-4-2-3-5-10(8)12-7;1-2-3(4)5/h2-5H,1H2;2H2,1H3,(H2,4,5). The van der Waals surface area contributed by atoms with Gasteiger partial charge in [0.05, 0.1) is 16.6 Å². The van der Waals surface area contributed by atoms with Crippen molar-refractivity contribution in [3.8, 4) is 6.07 Å². The lowest BCUT2D eigenvalue weighted by Gasteiger charge is -1.85. The topological polar surface area (TPSA) is 79.2 Å². The molecule has 1 aromatic carbocycles. The summed E-state index contributed by atoms with van der Waals surface area (Å²) in [6.45, 7) is 5.42. The molecule has 1 aromatic rings. The second kappa shape index (κ2) is 5.61. The van der Waals surface area contributed by atoms with E-state index in [0.29, 0.717) is 17.7 Å². The van der Waals surface area contributed by atoms with E-state index in [-0.39, 0.29) is 5.91 Å². The number of rotatable bonds is 1. The van der Waals surface area contributed by atoms with E-state index < -0.39 is 0 Å². The molecular weight excluding hydrogens is 214 g/mol. The monoisotopic (exact) mass is 227 g/mol. The molecule has 0 saturated carbocycles. The van der Waals surface area contributed by atoms with Crippen LogP contribution in [0.25, 0.3) is 5.57 Å². The maximum absolute atomic E-state index is 9.59. The van der Waals surface area contributed by atoms with Gasteiger partial charge in [-0.3, -0.25) is 4.79 Å². The number of para-hydroxylation sites is 1. The molecule has 2 N–H and O–H groups in total. The van der Waals surface area contributed by atoms with Gasteiger partial charge in [-0.05, 0) is 6.07 Å². The average molecular weight is 227 g/mol. The normalized spacial score (nSPS) is 11.8. The lowest BCUT2D eigenvalue weighted by Crippen LogP contribution is -2.21. The predicted molar refractivity (Wildman–Crippen MR) is 64.9 cm³/mol. The summed E-state index contributed by atoms with van der Waals surface area (Å²) >= 11 is 0. The first-order chi connectivity index (χ1) is 8.10. The number of primary amides is 1. The van der Waals surface area contributed by atoms with Crippen LogP contribution in [0.2, 0.25) is 0 Å². The molecule has 4 nitrogen and oxygen atoms in total. The Labute approximate surface area is 99.4 Å². The summed E-state index contributed by atoms with van der Waals surface area (Å²) < 4.78 is 0. The molecule has 1 aliphatic rings. The van der Waals surface area contributed by atoms with Gasteiger partial charge < -0.3 is 5.73 Å². The molecule has 1 aliphatic heterocycles. The second-order valence-corrected chi connectivity index (χ2v) is 3.38. The third kappa shape index (κ3) is 3.02. The predicted octanol–water partition coefficient (Wildman–Crippen LogP) is 0.389. The molecule has 0 aromatic heterocycles. The molecule has 86 valence electrons. The molecule has 0 spiro atoms.